The van der Waals surface area contributed by atoms with E-state index in [0.29, 0.717) is 5.89 Å². The van der Waals surface area contributed by atoms with Gasteiger partial charge in [0.1, 0.15) is 0 Å². The molecule has 1 aromatic heterocycles. The Balaban J connectivity index is 2.33. The first-order valence-electron chi connectivity index (χ1n) is 4.38. The van der Waals surface area contributed by atoms with E-state index < -0.39 is 0 Å². The molecule has 0 amide bonds. The Kier molecular flexibility index (Phi) is 2.99. The van der Waals surface area contributed by atoms with Gasteiger partial charge >= 0.3 is 0 Å². The summed E-state index contributed by atoms with van der Waals surface area (Å²) in [5.74, 6) is 0.355. The molecule has 15 heavy (non-hydrogen) atoms. The highest BCUT2D eigenvalue weighted by Crippen LogP contribution is 2.24. The number of aromatic nitrogens is 2. The molecule has 0 saturated carbocycles. The molecule has 0 aliphatic carbocycles. The molecule has 1 unspecified atom stereocenters. The van der Waals surface area contributed by atoms with Crippen LogP contribution < -0.4 is 0 Å². The Morgan fingerprint density at radius 1 is 1.33 bits per heavy atom. The van der Waals surface area contributed by atoms with Gasteiger partial charge < -0.3 is 9.26 Å². The zero-order chi connectivity index (χ0) is 10.7. The molecular weight excluding hydrogens is 216 g/mol. The van der Waals surface area contributed by atoms with Crippen LogP contribution in [0.3, 0.4) is 0 Å². The van der Waals surface area contributed by atoms with E-state index in [2.05, 4.69) is 10.1 Å². The first kappa shape index (κ1) is 10.1. The van der Waals surface area contributed by atoms with E-state index in [1.54, 1.807) is 7.11 Å². The molecule has 1 heterocycles. The Morgan fingerprint density at radius 3 is 2.60 bits per heavy atom. The lowest BCUT2D eigenvalue weighted by Crippen LogP contribution is -2.03. The normalized spacial score (nSPS) is 12.7. The zero-order valence-electron chi connectivity index (χ0n) is 8.05. The molecule has 0 saturated heterocycles. The highest BCUT2D eigenvalue weighted by Gasteiger charge is 2.19. The first-order valence-corrected chi connectivity index (χ1v) is 4.76. The van der Waals surface area contributed by atoms with E-state index in [-0.39, 0.29) is 11.4 Å². The molecule has 0 fully saturated rings. The van der Waals surface area contributed by atoms with Crippen molar-refractivity contribution < 1.29 is 9.26 Å². The second kappa shape index (κ2) is 4.42. The molecule has 2 rings (SSSR count). The average Bonchev–Trinajstić information content (AvgIpc) is 2.68. The molecule has 0 aliphatic heterocycles. The quantitative estimate of drug-likeness (QED) is 0.804. The highest BCUT2D eigenvalue weighted by molar-refractivity contribution is 6.28. The van der Waals surface area contributed by atoms with Crippen molar-refractivity contribution in [2.24, 2.45) is 0 Å². The molecule has 1 atom stereocenters. The lowest BCUT2D eigenvalue weighted by Gasteiger charge is -2.10. The minimum atomic E-state index is -0.369. The summed E-state index contributed by atoms with van der Waals surface area (Å²) >= 11 is 5.58. The predicted octanol–water partition coefficient (Wildman–Crippen LogP) is 2.46. The van der Waals surface area contributed by atoms with Gasteiger partial charge in [-0.3, -0.25) is 0 Å². The van der Waals surface area contributed by atoms with Crippen molar-refractivity contribution in [3.8, 4) is 0 Å². The number of halogens is 1. The second-order valence-corrected chi connectivity index (χ2v) is 3.27. The molecule has 2 aromatic rings. The van der Waals surface area contributed by atoms with Crippen LogP contribution in [0, 0.1) is 0 Å². The standard InChI is InChI=1S/C10H9ClN2O2/c1-14-8(7-5-3-2-4-6-7)9-12-10(11)13-15-9/h2-6,8H,1H3. The molecular formula is C10H9ClN2O2. The summed E-state index contributed by atoms with van der Waals surface area (Å²) in [4.78, 5) is 3.92. The molecule has 0 spiro atoms. The fraction of sp³-hybridized carbons (Fsp3) is 0.200. The van der Waals surface area contributed by atoms with E-state index in [9.17, 15) is 0 Å². The van der Waals surface area contributed by atoms with Crippen LogP contribution in [0.25, 0.3) is 0 Å². The summed E-state index contributed by atoms with van der Waals surface area (Å²) < 4.78 is 10.2. The van der Waals surface area contributed by atoms with Crippen molar-refractivity contribution >= 4 is 11.6 Å². The number of hydrogen-bond acceptors (Lipinski definition) is 4. The largest absolute Gasteiger partial charge is 0.367 e. The van der Waals surface area contributed by atoms with Gasteiger partial charge in [-0.2, -0.15) is 4.98 Å². The first-order chi connectivity index (χ1) is 7.31. The number of benzene rings is 1. The molecule has 0 aliphatic rings. The maximum absolute atomic E-state index is 5.58. The summed E-state index contributed by atoms with van der Waals surface area (Å²) in [6.45, 7) is 0. The third-order valence-corrected chi connectivity index (χ3v) is 2.13. The minimum absolute atomic E-state index is 0.0861. The van der Waals surface area contributed by atoms with Gasteiger partial charge in [0.15, 0.2) is 6.10 Å². The molecule has 0 N–H and O–H groups in total. The van der Waals surface area contributed by atoms with E-state index >= 15 is 0 Å². The summed E-state index contributed by atoms with van der Waals surface area (Å²) in [6.07, 6.45) is -0.369. The SMILES string of the molecule is COC(c1ccccc1)c1nc(Cl)no1. The van der Waals surface area contributed by atoms with Crippen molar-refractivity contribution in [1.82, 2.24) is 10.1 Å². The van der Waals surface area contributed by atoms with Gasteiger partial charge in [-0.05, 0) is 22.3 Å². The minimum Gasteiger partial charge on any atom is -0.367 e. The number of nitrogens with zero attached hydrogens (tertiary/aromatic N) is 2. The van der Waals surface area contributed by atoms with Crippen molar-refractivity contribution in [3.05, 3.63) is 47.1 Å². The average molecular weight is 225 g/mol. The number of methoxy groups -OCH3 is 1. The molecule has 78 valence electrons. The van der Waals surface area contributed by atoms with E-state index in [1.807, 2.05) is 30.3 Å². The number of ether oxygens (including phenoxy) is 1. The maximum Gasteiger partial charge on any atom is 0.263 e. The predicted molar refractivity (Wildman–Crippen MR) is 54.6 cm³/mol. The van der Waals surface area contributed by atoms with Gasteiger partial charge in [0.25, 0.3) is 11.2 Å². The van der Waals surface area contributed by atoms with E-state index in [4.69, 9.17) is 20.9 Å². The summed E-state index contributed by atoms with van der Waals surface area (Å²) in [5, 5.41) is 3.60. The monoisotopic (exact) mass is 224 g/mol. The van der Waals surface area contributed by atoms with Gasteiger partial charge in [0.05, 0.1) is 0 Å². The van der Waals surface area contributed by atoms with Crippen LogP contribution in [-0.2, 0) is 4.74 Å². The fourth-order valence-corrected chi connectivity index (χ4v) is 1.45. The Hall–Kier alpha value is -1.39. The molecule has 0 radical (unpaired) electrons. The van der Waals surface area contributed by atoms with Crippen molar-refractivity contribution in [2.45, 2.75) is 6.10 Å². The fourth-order valence-electron chi connectivity index (χ4n) is 1.33. The molecule has 0 bridgehead atoms. The number of rotatable bonds is 3. The van der Waals surface area contributed by atoms with Crippen LogP contribution in [0.2, 0.25) is 5.28 Å². The van der Waals surface area contributed by atoms with Crippen LogP contribution in [0.4, 0.5) is 0 Å². The topological polar surface area (TPSA) is 48.2 Å². The van der Waals surface area contributed by atoms with Gasteiger partial charge in [-0.1, -0.05) is 30.3 Å². The summed E-state index contributed by atoms with van der Waals surface area (Å²) in [6, 6.07) is 9.61. The molecule has 4 nitrogen and oxygen atoms in total. The summed E-state index contributed by atoms with van der Waals surface area (Å²) in [7, 11) is 1.58. The Bertz CT molecular complexity index is 430. The van der Waals surface area contributed by atoms with Crippen LogP contribution in [0.1, 0.15) is 17.6 Å². The van der Waals surface area contributed by atoms with Crippen LogP contribution >= 0.6 is 11.6 Å². The van der Waals surface area contributed by atoms with Gasteiger partial charge in [0, 0.05) is 7.11 Å². The van der Waals surface area contributed by atoms with E-state index in [0.717, 1.165) is 5.56 Å². The van der Waals surface area contributed by atoms with Gasteiger partial charge in [-0.25, -0.2) is 0 Å². The third-order valence-electron chi connectivity index (χ3n) is 1.98. The molecule has 5 heteroatoms. The van der Waals surface area contributed by atoms with Crippen LogP contribution in [0.15, 0.2) is 34.9 Å². The maximum atomic E-state index is 5.58. The van der Waals surface area contributed by atoms with E-state index in [1.165, 1.54) is 0 Å². The number of hydrogen-bond donors (Lipinski definition) is 0. The Morgan fingerprint density at radius 2 is 2.07 bits per heavy atom. The lowest BCUT2D eigenvalue weighted by atomic mass is 10.1. The van der Waals surface area contributed by atoms with Crippen LogP contribution in [0.5, 0.6) is 0 Å². The van der Waals surface area contributed by atoms with Gasteiger partial charge in [-0.15, -0.1) is 0 Å². The lowest BCUT2D eigenvalue weighted by molar-refractivity contribution is 0.105. The molecule has 1 aromatic carbocycles. The van der Waals surface area contributed by atoms with Gasteiger partial charge in [0.2, 0.25) is 0 Å². The zero-order valence-corrected chi connectivity index (χ0v) is 8.81. The van der Waals surface area contributed by atoms with Crippen molar-refractivity contribution in [3.63, 3.8) is 0 Å². The smallest absolute Gasteiger partial charge is 0.263 e. The summed E-state index contributed by atoms with van der Waals surface area (Å²) in [5.41, 5.74) is 0.945. The van der Waals surface area contributed by atoms with Crippen molar-refractivity contribution in [1.29, 1.82) is 0 Å². The van der Waals surface area contributed by atoms with Crippen LogP contribution in [-0.4, -0.2) is 17.3 Å². The third kappa shape index (κ3) is 2.16. The second-order valence-electron chi connectivity index (χ2n) is 2.93. The highest BCUT2D eigenvalue weighted by atomic mass is 35.5. The Labute approximate surface area is 91.8 Å². The van der Waals surface area contributed by atoms with Crippen molar-refractivity contribution in [2.75, 3.05) is 7.11 Å².